The lowest BCUT2D eigenvalue weighted by molar-refractivity contribution is 0.0660. The molecule has 104 valence electrons. The molecule has 2 N–H and O–H groups in total. The van der Waals surface area contributed by atoms with Crippen LogP contribution in [0.1, 0.15) is 28.0 Å². The Balaban J connectivity index is 2.31. The predicted octanol–water partition coefficient (Wildman–Crippen LogP) is 2.35. The number of carbonyl (C=O) groups excluding carboxylic acids is 1. The zero-order valence-corrected chi connectivity index (χ0v) is 10.7. The molecule has 1 aromatic heterocycles. The Bertz CT molecular complexity index is 647. The summed E-state index contributed by atoms with van der Waals surface area (Å²) in [7, 11) is 0. The molecule has 0 saturated carbocycles. The predicted molar refractivity (Wildman–Crippen MR) is 71.1 cm³/mol. The van der Waals surface area contributed by atoms with Gasteiger partial charge in [-0.2, -0.15) is 0 Å². The average Bonchev–Trinajstić information content (AvgIpc) is 2.89. The molecule has 0 fully saturated rings. The van der Waals surface area contributed by atoms with Gasteiger partial charge in [-0.3, -0.25) is 4.79 Å². The van der Waals surface area contributed by atoms with Gasteiger partial charge in [-0.15, -0.1) is 0 Å². The number of furan rings is 1. The number of phenols is 1. The van der Waals surface area contributed by atoms with Crippen molar-refractivity contribution in [3.63, 3.8) is 0 Å². The SMILES string of the molecule is CCN(C(=O)c1ccc(C(=O)O)o1)c1cccc(O)c1. The molecule has 0 aliphatic carbocycles. The number of carboxylic acids is 1. The largest absolute Gasteiger partial charge is 0.508 e. The van der Waals surface area contributed by atoms with Crippen molar-refractivity contribution in [3.8, 4) is 5.75 Å². The Labute approximate surface area is 114 Å². The minimum Gasteiger partial charge on any atom is -0.508 e. The standard InChI is InChI=1S/C14H13NO5/c1-2-15(9-4-3-5-10(16)8-9)13(17)11-6-7-12(20-11)14(18)19/h3-8,16H,2H2,1H3,(H,18,19). The second-order valence-corrected chi connectivity index (χ2v) is 4.04. The lowest BCUT2D eigenvalue weighted by Gasteiger charge is -2.19. The molecule has 0 unspecified atom stereocenters. The number of aromatic hydroxyl groups is 1. The van der Waals surface area contributed by atoms with Crippen molar-refractivity contribution < 1.29 is 24.2 Å². The quantitative estimate of drug-likeness (QED) is 0.893. The van der Waals surface area contributed by atoms with Crippen molar-refractivity contribution in [2.45, 2.75) is 6.92 Å². The Morgan fingerprint density at radius 3 is 2.45 bits per heavy atom. The van der Waals surface area contributed by atoms with E-state index in [9.17, 15) is 14.7 Å². The van der Waals surface area contributed by atoms with E-state index in [4.69, 9.17) is 9.52 Å². The first-order valence-corrected chi connectivity index (χ1v) is 5.97. The van der Waals surface area contributed by atoms with Crippen molar-refractivity contribution >= 4 is 17.6 Å². The Morgan fingerprint density at radius 2 is 1.90 bits per heavy atom. The molecule has 0 spiro atoms. The molecule has 1 amide bonds. The maximum atomic E-state index is 12.3. The third kappa shape index (κ3) is 2.64. The Morgan fingerprint density at radius 1 is 1.20 bits per heavy atom. The summed E-state index contributed by atoms with van der Waals surface area (Å²) in [6.45, 7) is 2.12. The Kier molecular flexibility index (Phi) is 3.74. The van der Waals surface area contributed by atoms with Crippen molar-refractivity contribution in [2.24, 2.45) is 0 Å². The highest BCUT2D eigenvalue weighted by Gasteiger charge is 2.21. The van der Waals surface area contributed by atoms with E-state index in [0.717, 1.165) is 0 Å². The summed E-state index contributed by atoms with van der Waals surface area (Å²) in [5, 5.41) is 18.2. The number of amides is 1. The van der Waals surface area contributed by atoms with Crippen LogP contribution in [-0.2, 0) is 0 Å². The van der Waals surface area contributed by atoms with E-state index in [0.29, 0.717) is 12.2 Å². The van der Waals surface area contributed by atoms with Gasteiger partial charge in [0.15, 0.2) is 5.76 Å². The lowest BCUT2D eigenvalue weighted by atomic mass is 10.2. The van der Waals surface area contributed by atoms with Gasteiger partial charge in [0.1, 0.15) is 5.75 Å². The van der Waals surface area contributed by atoms with Crippen LogP contribution in [0.4, 0.5) is 5.69 Å². The topological polar surface area (TPSA) is 91.0 Å². The van der Waals surface area contributed by atoms with Crippen LogP contribution < -0.4 is 4.90 Å². The fourth-order valence-corrected chi connectivity index (χ4v) is 1.81. The molecule has 1 aromatic carbocycles. The highest BCUT2D eigenvalue weighted by molar-refractivity contribution is 6.04. The molecule has 2 rings (SSSR count). The van der Waals surface area contributed by atoms with Gasteiger partial charge in [0, 0.05) is 18.3 Å². The zero-order chi connectivity index (χ0) is 14.7. The maximum absolute atomic E-state index is 12.3. The number of carboxylic acid groups (broad SMARTS) is 1. The number of carbonyl (C=O) groups is 2. The third-order valence-electron chi connectivity index (χ3n) is 2.73. The summed E-state index contributed by atoms with van der Waals surface area (Å²) in [5.41, 5.74) is 0.505. The molecular weight excluding hydrogens is 262 g/mol. The molecule has 0 aliphatic heterocycles. The highest BCUT2D eigenvalue weighted by atomic mass is 16.4. The normalized spacial score (nSPS) is 10.2. The number of hydrogen-bond donors (Lipinski definition) is 2. The summed E-state index contributed by atoms with van der Waals surface area (Å²) in [5.74, 6) is -2.01. The molecule has 0 bridgehead atoms. The lowest BCUT2D eigenvalue weighted by Crippen LogP contribution is -2.30. The van der Waals surface area contributed by atoms with Gasteiger partial charge in [-0.25, -0.2) is 4.79 Å². The van der Waals surface area contributed by atoms with E-state index >= 15 is 0 Å². The minimum absolute atomic E-state index is 0.0411. The summed E-state index contributed by atoms with van der Waals surface area (Å²) >= 11 is 0. The number of anilines is 1. The highest BCUT2D eigenvalue weighted by Crippen LogP contribution is 2.22. The summed E-state index contributed by atoms with van der Waals surface area (Å²) in [6.07, 6.45) is 0. The van der Waals surface area contributed by atoms with Crippen molar-refractivity contribution in [1.82, 2.24) is 0 Å². The van der Waals surface area contributed by atoms with Crippen LogP contribution in [0.15, 0.2) is 40.8 Å². The van der Waals surface area contributed by atoms with E-state index in [1.54, 1.807) is 19.1 Å². The Hall–Kier alpha value is -2.76. The number of nitrogens with zero attached hydrogens (tertiary/aromatic N) is 1. The molecule has 6 heteroatoms. The molecule has 6 nitrogen and oxygen atoms in total. The molecule has 20 heavy (non-hydrogen) atoms. The maximum Gasteiger partial charge on any atom is 0.371 e. The van der Waals surface area contributed by atoms with Crippen LogP contribution in [0, 0.1) is 0 Å². The first kappa shape index (κ1) is 13.7. The van der Waals surface area contributed by atoms with Gasteiger partial charge in [-0.1, -0.05) is 6.07 Å². The summed E-state index contributed by atoms with van der Waals surface area (Å²) in [6, 6.07) is 8.77. The second kappa shape index (κ2) is 5.48. The fourth-order valence-electron chi connectivity index (χ4n) is 1.81. The van der Waals surface area contributed by atoms with E-state index < -0.39 is 11.9 Å². The average molecular weight is 275 g/mol. The number of rotatable bonds is 4. The van der Waals surface area contributed by atoms with Gasteiger partial charge < -0.3 is 19.5 Å². The summed E-state index contributed by atoms with van der Waals surface area (Å²) in [4.78, 5) is 24.4. The van der Waals surface area contributed by atoms with E-state index in [1.807, 2.05) is 0 Å². The number of benzene rings is 1. The first-order chi connectivity index (χ1) is 9.52. The second-order valence-electron chi connectivity index (χ2n) is 4.04. The van der Waals surface area contributed by atoms with Crippen LogP contribution in [0.2, 0.25) is 0 Å². The number of hydrogen-bond acceptors (Lipinski definition) is 4. The van der Waals surface area contributed by atoms with Gasteiger partial charge in [0.05, 0.1) is 0 Å². The summed E-state index contributed by atoms with van der Waals surface area (Å²) < 4.78 is 4.99. The van der Waals surface area contributed by atoms with Gasteiger partial charge in [-0.05, 0) is 31.2 Å². The van der Waals surface area contributed by atoms with Crippen LogP contribution in [0.5, 0.6) is 5.75 Å². The van der Waals surface area contributed by atoms with Gasteiger partial charge in [0.25, 0.3) is 5.91 Å². The van der Waals surface area contributed by atoms with Gasteiger partial charge in [0.2, 0.25) is 5.76 Å². The minimum atomic E-state index is -1.23. The third-order valence-corrected chi connectivity index (χ3v) is 2.73. The van der Waals surface area contributed by atoms with E-state index in [2.05, 4.69) is 0 Å². The zero-order valence-electron chi connectivity index (χ0n) is 10.7. The number of phenolic OH excluding ortho intramolecular Hbond substituents is 1. The van der Waals surface area contributed by atoms with Crippen molar-refractivity contribution in [3.05, 3.63) is 47.9 Å². The first-order valence-electron chi connectivity index (χ1n) is 5.97. The monoisotopic (exact) mass is 275 g/mol. The van der Waals surface area contributed by atoms with Gasteiger partial charge >= 0.3 is 5.97 Å². The molecule has 0 saturated heterocycles. The van der Waals surface area contributed by atoms with Crippen LogP contribution in [0.25, 0.3) is 0 Å². The number of aromatic carboxylic acids is 1. The molecule has 2 aromatic rings. The molecule has 0 atom stereocenters. The van der Waals surface area contributed by atoms with E-state index in [-0.39, 0.29) is 17.3 Å². The molecule has 0 radical (unpaired) electrons. The molecule has 1 heterocycles. The van der Waals surface area contributed by atoms with Crippen LogP contribution in [-0.4, -0.2) is 28.6 Å². The van der Waals surface area contributed by atoms with E-state index in [1.165, 1.54) is 29.2 Å². The smallest absolute Gasteiger partial charge is 0.371 e. The van der Waals surface area contributed by atoms with Crippen molar-refractivity contribution in [1.29, 1.82) is 0 Å². The molecular formula is C14H13NO5. The van der Waals surface area contributed by atoms with Crippen molar-refractivity contribution in [2.75, 3.05) is 11.4 Å². The molecule has 0 aliphatic rings. The van der Waals surface area contributed by atoms with Crippen LogP contribution >= 0.6 is 0 Å². The van der Waals surface area contributed by atoms with Crippen LogP contribution in [0.3, 0.4) is 0 Å². The fraction of sp³-hybridized carbons (Fsp3) is 0.143.